The van der Waals surface area contributed by atoms with E-state index in [1.165, 1.54) is 12.8 Å². The SMILES string of the molecule is COc1ccc(OC)c(CN2CCN(C(=O)CC(C)C3CCCNC3)CC2)c1.Cl.Cl. The maximum Gasteiger partial charge on any atom is 0.222 e. The molecule has 2 atom stereocenters. The van der Waals surface area contributed by atoms with Gasteiger partial charge in [0.05, 0.1) is 14.2 Å². The van der Waals surface area contributed by atoms with Gasteiger partial charge in [-0.2, -0.15) is 0 Å². The van der Waals surface area contributed by atoms with Crippen LogP contribution in [-0.2, 0) is 11.3 Å². The summed E-state index contributed by atoms with van der Waals surface area (Å²) in [5.74, 6) is 3.14. The van der Waals surface area contributed by atoms with E-state index in [1.807, 2.05) is 23.1 Å². The van der Waals surface area contributed by atoms with E-state index in [0.29, 0.717) is 24.2 Å². The summed E-state index contributed by atoms with van der Waals surface area (Å²) in [7, 11) is 3.38. The lowest BCUT2D eigenvalue weighted by atomic mass is 9.85. The molecule has 0 radical (unpaired) electrons. The number of piperazine rings is 1. The second-order valence-electron chi connectivity index (χ2n) is 8.12. The van der Waals surface area contributed by atoms with Crippen LogP contribution in [-0.4, -0.2) is 69.2 Å². The molecule has 1 N–H and O–H groups in total. The van der Waals surface area contributed by atoms with E-state index in [-0.39, 0.29) is 24.8 Å². The monoisotopic (exact) mass is 461 g/mol. The van der Waals surface area contributed by atoms with E-state index in [0.717, 1.165) is 62.9 Å². The number of hydrogen-bond donors (Lipinski definition) is 1. The van der Waals surface area contributed by atoms with Gasteiger partial charge in [0, 0.05) is 44.7 Å². The van der Waals surface area contributed by atoms with Crippen LogP contribution < -0.4 is 14.8 Å². The van der Waals surface area contributed by atoms with Gasteiger partial charge in [-0.15, -0.1) is 24.8 Å². The number of halogens is 2. The van der Waals surface area contributed by atoms with Gasteiger partial charge in [0.25, 0.3) is 0 Å². The van der Waals surface area contributed by atoms with Crippen molar-refractivity contribution in [2.24, 2.45) is 11.8 Å². The first-order valence-corrected chi connectivity index (χ1v) is 10.5. The van der Waals surface area contributed by atoms with Crippen molar-refractivity contribution in [3.63, 3.8) is 0 Å². The zero-order valence-corrected chi connectivity index (χ0v) is 20.0. The Balaban J connectivity index is 0.00000225. The molecule has 2 aliphatic heterocycles. The van der Waals surface area contributed by atoms with Crippen molar-refractivity contribution in [3.8, 4) is 11.5 Å². The molecule has 2 heterocycles. The van der Waals surface area contributed by atoms with Crippen LogP contribution in [0.5, 0.6) is 11.5 Å². The largest absolute Gasteiger partial charge is 0.497 e. The van der Waals surface area contributed by atoms with Crippen molar-refractivity contribution in [2.75, 3.05) is 53.5 Å². The minimum Gasteiger partial charge on any atom is -0.497 e. The summed E-state index contributed by atoms with van der Waals surface area (Å²) >= 11 is 0. The number of carbonyl (C=O) groups excluding carboxylic acids is 1. The van der Waals surface area contributed by atoms with Gasteiger partial charge >= 0.3 is 0 Å². The Morgan fingerprint density at radius 3 is 2.50 bits per heavy atom. The first-order valence-electron chi connectivity index (χ1n) is 10.5. The molecule has 0 aliphatic carbocycles. The van der Waals surface area contributed by atoms with Crippen LogP contribution >= 0.6 is 24.8 Å². The van der Waals surface area contributed by atoms with Crippen molar-refractivity contribution in [1.82, 2.24) is 15.1 Å². The Hall–Kier alpha value is -1.21. The van der Waals surface area contributed by atoms with E-state index in [9.17, 15) is 4.79 Å². The molecule has 0 aromatic heterocycles. The summed E-state index contributed by atoms with van der Waals surface area (Å²) in [6.45, 7) is 8.63. The Labute approximate surface area is 193 Å². The molecule has 0 saturated carbocycles. The molecule has 30 heavy (non-hydrogen) atoms. The van der Waals surface area contributed by atoms with Crippen LogP contribution in [0.1, 0.15) is 31.7 Å². The summed E-state index contributed by atoms with van der Waals surface area (Å²) in [5, 5.41) is 3.46. The third-order valence-electron chi connectivity index (χ3n) is 6.24. The minimum atomic E-state index is 0. The van der Waals surface area contributed by atoms with Gasteiger partial charge in [0.1, 0.15) is 11.5 Å². The molecule has 2 fully saturated rings. The third kappa shape index (κ3) is 7.19. The van der Waals surface area contributed by atoms with Gasteiger partial charge in [-0.25, -0.2) is 0 Å². The number of carbonyl (C=O) groups is 1. The zero-order chi connectivity index (χ0) is 19.9. The lowest BCUT2D eigenvalue weighted by Crippen LogP contribution is -2.49. The fourth-order valence-electron chi connectivity index (χ4n) is 4.34. The summed E-state index contributed by atoms with van der Waals surface area (Å²) < 4.78 is 10.8. The Bertz CT molecular complexity index is 649. The number of nitrogens with zero attached hydrogens (tertiary/aromatic N) is 2. The number of rotatable bonds is 7. The quantitative estimate of drug-likeness (QED) is 0.675. The standard InChI is InChI=1S/C22H35N3O3.2ClH/c1-17(18-5-4-8-23-15-18)13-22(26)25-11-9-24(10-12-25)16-19-14-20(27-2)6-7-21(19)28-3;;/h6-7,14,17-18,23H,4-5,8-13,15-16H2,1-3H3;2*1H. The molecule has 172 valence electrons. The Kier molecular flexibility index (Phi) is 11.9. The molecule has 2 unspecified atom stereocenters. The van der Waals surface area contributed by atoms with Gasteiger partial charge < -0.3 is 19.7 Å². The highest BCUT2D eigenvalue weighted by Crippen LogP contribution is 2.26. The average molecular weight is 462 g/mol. The molecule has 0 spiro atoms. The van der Waals surface area contributed by atoms with E-state index in [2.05, 4.69) is 17.1 Å². The van der Waals surface area contributed by atoms with Crippen LogP contribution in [0.3, 0.4) is 0 Å². The number of hydrogen-bond acceptors (Lipinski definition) is 5. The van der Waals surface area contributed by atoms with Crippen molar-refractivity contribution < 1.29 is 14.3 Å². The maximum atomic E-state index is 12.8. The normalized spacial score (nSPS) is 20.5. The molecular formula is C22H37Cl2N3O3. The predicted octanol–water partition coefficient (Wildman–Crippen LogP) is 3.22. The van der Waals surface area contributed by atoms with E-state index in [1.54, 1.807) is 14.2 Å². The fraction of sp³-hybridized carbons (Fsp3) is 0.682. The highest BCUT2D eigenvalue weighted by Gasteiger charge is 2.26. The summed E-state index contributed by atoms with van der Waals surface area (Å²) in [4.78, 5) is 17.2. The molecule has 1 aromatic carbocycles. The first-order chi connectivity index (χ1) is 13.6. The second kappa shape index (κ2) is 13.3. The van der Waals surface area contributed by atoms with Crippen LogP contribution in [0.4, 0.5) is 0 Å². The van der Waals surface area contributed by atoms with Crippen LogP contribution in [0.25, 0.3) is 0 Å². The number of amides is 1. The number of ether oxygens (including phenoxy) is 2. The molecule has 2 aliphatic rings. The molecule has 1 amide bonds. The van der Waals surface area contributed by atoms with E-state index >= 15 is 0 Å². The van der Waals surface area contributed by atoms with Crippen molar-refractivity contribution >= 4 is 30.7 Å². The molecule has 8 heteroatoms. The van der Waals surface area contributed by atoms with Crippen LogP contribution in [0.2, 0.25) is 0 Å². The van der Waals surface area contributed by atoms with Crippen molar-refractivity contribution in [3.05, 3.63) is 23.8 Å². The topological polar surface area (TPSA) is 54.0 Å². The van der Waals surface area contributed by atoms with Crippen molar-refractivity contribution in [2.45, 2.75) is 32.7 Å². The van der Waals surface area contributed by atoms with E-state index in [4.69, 9.17) is 9.47 Å². The molecule has 0 bridgehead atoms. The lowest BCUT2D eigenvalue weighted by molar-refractivity contribution is -0.134. The summed E-state index contributed by atoms with van der Waals surface area (Å²) in [6.07, 6.45) is 3.16. The first kappa shape index (κ1) is 26.8. The van der Waals surface area contributed by atoms with Crippen LogP contribution in [0, 0.1) is 11.8 Å². The van der Waals surface area contributed by atoms with Crippen molar-refractivity contribution in [1.29, 1.82) is 0 Å². The zero-order valence-electron chi connectivity index (χ0n) is 18.4. The van der Waals surface area contributed by atoms with Gasteiger partial charge in [-0.3, -0.25) is 9.69 Å². The predicted molar refractivity (Wildman–Crippen MR) is 125 cm³/mol. The van der Waals surface area contributed by atoms with Gasteiger partial charge in [-0.1, -0.05) is 6.92 Å². The molecule has 6 nitrogen and oxygen atoms in total. The number of benzene rings is 1. The second-order valence-corrected chi connectivity index (χ2v) is 8.12. The summed E-state index contributed by atoms with van der Waals surface area (Å²) in [5.41, 5.74) is 1.13. The Morgan fingerprint density at radius 1 is 1.17 bits per heavy atom. The number of methoxy groups -OCH3 is 2. The lowest BCUT2D eigenvalue weighted by Gasteiger charge is -2.36. The third-order valence-corrected chi connectivity index (χ3v) is 6.24. The van der Waals surface area contributed by atoms with Gasteiger partial charge in [-0.05, 0) is 56.0 Å². The van der Waals surface area contributed by atoms with Crippen LogP contribution in [0.15, 0.2) is 18.2 Å². The maximum absolute atomic E-state index is 12.8. The molecule has 1 aromatic rings. The van der Waals surface area contributed by atoms with E-state index < -0.39 is 0 Å². The highest BCUT2D eigenvalue weighted by atomic mass is 35.5. The summed E-state index contributed by atoms with van der Waals surface area (Å²) in [6, 6.07) is 5.91. The van der Waals surface area contributed by atoms with Gasteiger partial charge in [0.2, 0.25) is 5.91 Å². The molecule has 2 saturated heterocycles. The van der Waals surface area contributed by atoms with Gasteiger partial charge in [0.15, 0.2) is 0 Å². The minimum absolute atomic E-state index is 0. The Morgan fingerprint density at radius 2 is 1.90 bits per heavy atom. The fourth-order valence-corrected chi connectivity index (χ4v) is 4.34. The number of piperidine rings is 1. The number of nitrogens with one attached hydrogen (secondary N) is 1. The highest BCUT2D eigenvalue weighted by molar-refractivity contribution is 5.85. The molecule has 3 rings (SSSR count). The average Bonchev–Trinajstić information content (AvgIpc) is 2.74. The smallest absolute Gasteiger partial charge is 0.222 e. The molecular weight excluding hydrogens is 425 g/mol.